The van der Waals surface area contributed by atoms with Gasteiger partial charge in [0.25, 0.3) is 0 Å². The van der Waals surface area contributed by atoms with E-state index in [0.717, 1.165) is 33.3 Å². The van der Waals surface area contributed by atoms with Crippen LogP contribution in [0.25, 0.3) is 10.9 Å². The SMILES string of the molecule is CCC(C(=O)O)n1c2c(c3cc(F)ccc31)CC(NC(=O)CC(c1ccccc1)c1ccccc1)CC2. The number of rotatable bonds is 8. The molecule has 2 N–H and O–H groups in total. The van der Waals surface area contributed by atoms with Crippen LogP contribution in [-0.2, 0) is 22.4 Å². The zero-order valence-corrected chi connectivity index (χ0v) is 20.9. The number of nitrogens with one attached hydrogen (secondary N) is 1. The number of carboxylic acids is 1. The number of amides is 1. The van der Waals surface area contributed by atoms with E-state index in [2.05, 4.69) is 5.32 Å². The number of carboxylic acid groups (broad SMARTS) is 1. The largest absolute Gasteiger partial charge is 0.480 e. The smallest absolute Gasteiger partial charge is 0.326 e. The summed E-state index contributed by atoms with van der Waals surface area (Å²) in [5.74, 6) is -1.33. The first kappa shape index (κ1) is 24.8. The molecule has 0 saturated heterocycles. The van der Waals surface area contributed by atoms with Crippen molar-refractivity contribution in [2.45, 2.75) is 57.0 Å². The Labute approximate surface area is 215 Å². The molecule has 1 aromatic heterocycles. The molecule has 2 unspecified atom stereocenters. The number of halogens is 1. The lowest BCUT2D eigenvalue weighted by molar-refractivity contribution is -0.141. The molecule has 0 bridgehead atoms. The maximum atomic E-state index is 14.2. The molecule has 1 amide bonds. The van der Waals surface area contributed by atoms with Crippen LogP contribution < -0.4 is 5.32 Å². The van der Waals surface area contributed by atoms with Gasteiger partial charge in [0.1, 0.15) is 11.9 Å². The number of hydrogen-bond acceptors (Lipinski definition) is 2. The van der Waals surface area contributed by atoms with Gasteiger partial charge in [-0.25, -0.2) is 9.18 Å². The van der Waals surface area contributed by atoms with Crippen molar-refractivity contribution in [2.24, 2.45) is 0 Å². The van der Waals surface area contributed by atoms with Crippen LogP contribution in [0.5, 0.6) is 0 Å². The van der Waals surface area contributed by atoms with Gasteiger partial charge in [0.15, 0.2) is 0 Å². The van der Waals surface area contributed by atoms with E-state index >= 15 is 0 Å². The van der Waals surface area contributed by atoms with Crippen LogP contribution in [0.1, 0.15) is 60.5 Å². The van der Waals surface area contributed by atoms with Gasteiger partial charge >= 0.3 is 5.97 Å². The highest BCUT2D eigenvalue weighted by Gasteiger charge is 2.31. The Hall–Kier alpha value is -3.93. The number of fused-ring (bicyclic) bond motifs is 3. The van der Waals surface area contributed by atoms with Crippen LogP contribution >= 0.6 is 0 Å². The minimum absolute atomic E-state index is 0.0296. The minimum atomic E-state index is -0.894. The van der Waals surface area contributed by atoms with Gasteiger partial charge < -0.3 is 15.0 Å². The van der Waals surface area contributed by atoms with Crippen LogP contribution in [0.4, 0.5) is 4.39 Å². The molecule has 0 radical (unpaired) electrons. The summed E-state index contributed by atoms with van der Waals surface area (Å²) in [6, 6.07) is 23.8. The number of hydrogen-bond donors (Lipinski definition) is 2. The number of aromatic nitrogens is 1. The van der Waals surface area contributed by atoms with Crippen molar-refractivity contribution in [1.29, 1.82) is 0 Å². The van der Waals surface area contributed by atoms with E-state index in [1.54, 1.807) is 6.07 Å². The Balaban J connectivity index is 1.40. The molecule has 0 aliphatic heterocycles. The predicted octanol–water partition coefficient (Wildman–Crippen LogP) is 6.01. The first-order valence-electron chi connectivity index (χ1n) is 12.9. The van der Waals surface area contributed by atoms with Crippen molar-refractivity contribution in [3.63, 3.8) is 0 Å². The second kappa shape index (κ2) is 10.6. The quantitative estimate of drug-likeness (QED) is 0.312. The maximum Gasteiger partial charge on any atom is 0.326 e. The number of aliphatic carboxylic acids is 1. The summed E-state index contributed by atoms with van der Waals surface area (Å²) in [6.45, 7) is 1.85. The van der Waals surface area contributed by atoms with Crippen molar-refractivity contribution in [1.82, 2.24) is 9.88 Å². The summed E-state index contributed by atoms with van der Waals surface area (Å²) in [6.07, 6.45) is 2.63. The number of carbonyl (C=O) groups is 2. The first-order chi connectivity index (χ1) is 18.0. The van der Waals surface area contributed by atoms with Gasteiger partial charge in [0, 0.05) is 35.0 Å². The molecule has 190 valence electrons. The van der Waals surface area contributed by atoms with Crippen molar-refractivity contribution in [3.8, 4) is 0 Å². The molecule has 3 aromatic carbocycles. The van der Waals surface area contributed by atoms with Gasteiger partial charge in [0.05, 0.1) is 0 Å². The normalized spacial score (nSPS) is 15.9. The molecule has 37 heavy (non-hydrogen) atoms. The van der Waals surface area contributed by atoms with Gasteiger partial charge in [-0.1, -0.05) is 67.6 Å². The maximum absolute atomic E-state index is 14.2. The zero-order valence-electron chi connectivity index (χ0n) is 20.9. The fraction of sp³-hybridized carbons (Fsp3) is 0.290. The Bertz CT molecular complexity index is 1380. The van der Waals surface area contributed by atoms with Gasteiger partial charge in [-0.15, -0.1) is 0 Å². The highest BCUT2D eigenvalue weighted by molar-refractivity contribution is 5.88. The lowest BCUT2D eigenvalue weighted by atomic mass is 9.87. The lowest BCUT2D eigenvalue weighted by Crippen LogP contribution is -2.39. The van der Waals surface area contributed by atoms with Crippen molar-refractivity contribution >= 4 is 22.8 Å². The summed E-state index contributed by atoms with van der Waals surface area (Å²) in [5, 5.41) is 13.8. The third-order valence-electron chi connectivity index (χ3n) is 7.50. The highest BCUT2D eigenvalue weighted by atomic mass is 19.1. The number of nitrogens with zero attached hydrogens (tertiary/aromatic N) is 1. The second-order valence-electron chi connectivity index (χ2n) is 9.80. The highest BCUT2D eigenvalue weighted by Crippen LogP contribution is 2.36. The molecule has 6 heteroatoms. The minimum Gasteiger partial charge on any atom is -0.480 e. The molecule has 1 aliphatic carbocycles. The van der Waals surface area contributed by atoms with Crippen molar-refractivity contribution in [2.75, 3.05) is 0 Å². The van der Waals surface area contributed by atoms with E-state index in [1.807, 2.05) is 72.2 Å². The molecule has 5 nitrogen and oxygen atoms in total. The summed E-state index contributed by atoms with van der Waals surface area (Å²) in [7, 11) is 0. The van der Waals surface area contributed by atoms with Crippen LogP contribution in [0.2, 0.25) is 0 Å². The summed E-state index contributed by atoms with van der Waals surface area (Å²) in [5.41, 5.74) is 4.79. The number of carbonyl (C=O) groups excluding carboxylic acids is 1. The summed E-state index contributed by atoms with van der Waals surface area (Å²) in [4.78, 5) is 25.3. The fourth-order valence-electron chi connectivity index (χ4n) is 5.78. The van der Waals surface area contributed by atoms with E-state index in [4.69, 9.17) is 0 Å². The van der Waals surface area contributed by atoms with E-state index in [1.165, 1.54) is 12.1 Å². The lowest BCUT2D eigenvalue weighted by Gasteiger charge is -2.27. The average Bonchev–Trinajstić information content (AvgIpc) is 3.21. The fourth-order valence-corrected chi connectivity index (χ4v) is 5.78. The molecule has 5 rings (SSSR count). The van der Waals surface area contributed by atoms with Crippen LogP contribution in [-0.4, -0.2) is 27.6 Å². The molecule has 1 heterocycles. The Morgan fingerprint density at radius 3 is 2.27 bits per heavy atom. The zero-order chi connectivity index (χ0) is 25.9. The van der Waals surface area contributed by atoms with Crippen molar-refractivity contribution in [3.05, 3.63) is 107 Å². The topological polar surface area (TPSA) is 71.3 Å². The van der Waals surface area contributed by atoms with Gasteiger partial charge in [0.2, 0.25) is 5.91 Å². The van der Waals surface area contributed by atoms with Gasteiger partial charge in [-0.2, -0.15) is 0 Å². The monoisotopic (exact) mass is 498 g/mol. The predicted molar refractivity (Wildman–Crippen MR) is 142 cm³/mol. The molecule has 2 atom stereocenters. The van der Waals surface area contributed by atoms with Crippen LogP contribution in [0.3, 0.4) is 0 Å². The second-order valence-corrected chi connectivity index (χ2v) is 9.80. The van der Waals surface area contributed by atoms with Crippen LogP contribution in [0, 0.1) is 5.82 Å². The van der Waals surface area contributed by atoms with E-state index in [-0.39, 0.29) is 23.7 Å². The van der Waals surface area contributed by atoms with E-state index < -0.39 is 12.0 Å². The van der Waals surface area contributed by atoms with Crippen LogP contribution in [0.15, 0.2) is 78.9 Å². The Morgan fingerprint density at radius 1 is 1.03 bits per heavy atom. The molecular formula is C31H31FN2O3. The molecule has 0 spiro atoms. The average molecular weight is 499 g/mol. The standard InChI is InChI=1S/C31H31FN2O3/c1-2-27(31(36)37)34-28-15-13-22(32)17-25(28)26-18-23(14-16-29(26)34)33-30(35)19-24(20-9-5-3-6-10-20)21-11-7-4-8-12-21/h3-13,15,17,23-24,27H,2,14,16,18-19H2,1H3,(H,33,35)(H,36,37). The summed E-state index contributed by atoms with van der Waals surface area (Å²) < 4.78 is 16.1. The third-order valence-corrected chi connectivity index (χ3v) is 7.50. The molecule has 0 saturated carbocycles. The molecule has 4 aromatic rings. The summed E-state index contributed by atoms with van der Waals surface area (Å²) >= 11 is 0. The van der Waals surface area contributed by atoms with Gasteiger partial charge in [-0.3, -0.25) is 4.79 Å². The Kier molecular flexibility index (Phi) is 7.08. The van der Waals surface area contributed by atoms with Crippen molar-refractivity contribution < 1.29 is 19.1 Å². The molecule has 0 fully saturated rings. The molecular weight excluding hydrogens is 467 g/mol. The van der Waals surface area contributed by atoms with E-state index in [9.17, 15) is 19.1 Å². The third kappa shape index (κ3) is 5.01. The Morgan fingerprint density at radius 2 is 1.68 bits per heavy atom. The van der Waals surface area contributed by atoms with Gasteiger partial charge in [-0.05, 0) is 60.6 Å². The van der Waals surface area contributed by atoms with E-state index in [0.29, 0.717) is 32.1 Å². The molecule has 1 aliphatic rings. The first-order valence-corrected chi connectivity index (χ1v) is 12.9. The number of benzene rings is 3.